The summed E-state index contributed by atoms with van der Waals surface area (Å²) in [7, 11) is 0. The molecule has 4 N–H and O–H groups in total. The van der Waals surface area contributed by atoms with Crippen molar-refractivity contribution in [2.45, 2.75) is 19.9 Å². The van der Waals surface area contributed by atoms with Crippen LogP contribution in [-0.2, 0) is 17.8 Å². The number of aryl methyl sites for hydroxylation is 1. The smallest absolute Gasteiger partial charge is 0.226 e. The van der Waals surface area contributed by atoms with Crippen LogP contribution in [0.2, 0.25) is 0 Å². The van der Waals surface area contributed by atoms with Gasteiger partial charge in [0.1, 0.15) is 0 Å². The van der Waals surface area contributed by atoms with Crippen LogP contribution < -0.4 is 11.1 Å². The minimum Gasteiger partial charge on any atom is -0.397 e. The zero-order valence-corrected chi connectivity index (χ0v) is 10.1. The average molecular weight is 245 g/mol. The lowest BCUT2D eigenvalue weighted by atomic mass is 10.2. The Balaban J connectivity index is 1.86. The van der Waals surface area contributed by atoms with Gasteiger partial charge in [0.15, 0.2) is 0 Å². The topological polar surface area (TPSA) is 96.7 Å². The molecule has 2 aromatic heterocycles. The van der Waals surface area contributed by atoms with Crippen molar-refractivity contribution in [3.8, 4) is 0 Å². The van der Waals surface area contributed by atoms with Gasteiger partial charge in [0.25, 0.3) is 0 Å². The number of rotatable bonds is 4. The normalized spacial score (nSPS) is 10.3. The number of anilines is 1. The number of nitrogens with one attached hydrogen (secondary N) is 2. The van der Waals surface area contributed by atoms with Gasteiger partial charge in [-0.2, -0.15) is 5.10 Å². The highest BCUT2D eigenvalue weighted by Gasteiger charge is 2.06. The van der Waals surface area contributed by atoms with E-state index in [2.05, 4.69) is 20.5 Å². The molecular weight excluding hydrogens is 230 g/mol. The van der Waals surface area contributed by atoms with E-state index < -0.39 is 0 Å². The number of carbonyl (C=O) groups is 1. The number of aromatic amines is 1. The molecule has 0 saturated heterocycles. The van der Waals surface area contributed by atoms with Gasteiger partial charge in [-0.3, -0.25) is 14.9 Å². The quantitative estimate of drug-likeness (QED) is 0.733. The molecule has 6 nitrogen and oxygen atoms in total. The molecular formula is C12H15N5O. The third kappa shape index (κ3) is 3.07. The average Bonchev–Trinajstić information content (AvgIpc) is 2.75. The highest BCUT2D eigenvalue weighted by Crippen LogP contribution is 2.03. The van der Waals surface area contributed by atoms with E-state index in [9.17, 15) is 4.79 Å². The Kier molecular flexibility index (Phi) is 3.57. The number of nitrogens with zero attached hydrogens (tertiary/aromatic N) is 2. The number of nitrogens with two attached hydrogens (primary N) is 1. The number of H-pyrrole nitrogens is 1. The Hall–Kier alpha value is -2.37. The number of pyridine rings is 1. The van der Waals surface area contributed by atoms with E-state index in [0.717, 1.165) is 11.3 Å². The van der Waals surface area contributed by atoms with Crippen LogP contribution >= 0.6 is 0 Å². The number of hydrogen-bond acceptors (Lipinski definition) is 4. The molecule has 0 aliphatic rings. The van der Waals surface area contributed by atoms with Crippen LogP contribution in [-0.4, -0.2) is 21.1 Å². The molecule has 0 spiro atoms. The Morgan fingerprint density at radius 3 is 2.89 bits per heavy atom. The molecule has 0 radical (unpaired) electrons. The maximum absolute atomic E-state index is 11.7. The van der Waals surface area contributed by atoms with Gasteiger partial charge in [-0.1, -0.05) is 0 Å². The highest BCUT2D eigenvalue weighted by molar-refractivity contribution is 5.78. The molecule has 94 valence electrons. The molecule has 0 aliphatic carbocycles. The molecule has 0 aliphatic heterocycles. The predicted octanol–water partition coefficient (Wildman–Crippen LogP) is 0.554. The van der Waals surface area contributed by atoms with Gasteiger partial charge in [-0.25, -0.2) is 0 Å². The monoisotopic (exact) mass is 245 g/mol. The van der Waals surface area contributed by atoms with Gasteiger partial charge in [0.05, 0.1) is 24.5 Å². The van der Waals surface area contributed by atoms with Crippen molar-refractivity contribution in [2.75, 3.05) is 5.73 Å². The first-order valence-corrected chi connectivity index (χ1v) is 5.61. The van der Waals surface area contributed by atoms with Gasteiger partial charge < -0.3 is 11.1 Å². The lowest BCUT2D eigenvalue weighted by molar-refractivity contribution is -0.120. The first-order valence-electron chi connectivity index (χ1n) is 5.61. The fourth-order valence-corrected chi connectivity index (χ4v) is 1.52. The lowest BCUT2D eigenvalue weighted by Gasteiger charge is -2.04. The van der Waals surface area contributed by atoms with Crippen molar-refractivity contribution in [3.63, 3.8) is 0 Å². The second-order valence-electron chi connectivity index (χ2n) is 4.06. The number of hydrogen-bond donors (Lipinski definition) is 3. The standard InChI is InChI=1S/C12H15N5O/c1-8-9(6-16-17-8)5-15-12(18)4-11-3-2-10(13)7-14-11/h2-3,6-7H,4-5,13H2,1H3,(H,15,18)(H,16,17). The van der Waals surface area contributed by atoms with Crippen LogP contribution in [0.25, 0.3) is 0 Å². The van der Waals surface area contributed by atoms with Gasteiger partial charge in [0.2, 0.25) is 5.91 Å². The van der Waals surface area contributed by atoms with Gasteiger partial charge in [0, 0.05) is 23.5 Å². The van der Waals surface area contributed by atoms with E-state index in [0.29, 0.717) is 17.9 Å². The predicted molar refractivity (Wildman–Crippen MR) is 67.5 cm³/mol. The minimum atomic E-state index is -0.0760. The fourth-order valence-electron chi connectivity index (χ4n) is 1.52. The summed E-state index contributed by atoms with van der Waals surface area (Å²) in [4.78, 5) is 15.8. The lowest BCUT2D eigenvalue weighted by Crippen LogP contribution is -2.25. The summed E-state index contributed by atoms with van der Waals surface area (Å²) in [6.45, 7) is 2.38. The number of amides is 1. The molecule has 1 amide bonds. The number of aromatic nitrogens is 3. The third-order valence-electron chi connectivity index (χ3n) is 2.60. The van der Waals surface area contributed by atoms with E-state index in [4.69, 9.17) is 5.73 Å². The molecule has 0 bridgehead atoms. The van der Waals surface area contributed by atoms with Crippen molar-refractivity contribution in [1.82, 2.24) is 20.5 Å². The summed E-state index contributed by atoms with van der Waals surface area (Å²) in [5.41, 5.74) is 8.75. The van der Waals surface area contributed by atoms with Crippen LogP contribution in [0.4, 0.5) is 5.69 Å². The van der Waals surface area contributed by atoms with Crippen molar-refractivity contribution in [2.24, 2.45) is 0 Å². The van der Waals surface area contributed by atoms with Crippen LogP contribution in [0, 0.1) is 6.92 Å². The van der Waals surface area contributed by atoms with E-state index in [-0.39, 0.29) is 12.3 Å². The van der Waals surface area contributed by atoms with Crippen molar-refractivity contribution < 1.29 is 4.79 Å². The first-order chi connectivity index (χ1) is 8.65. The largest absolute Gasteiger partial charge is 0.397 e. The highest BCUT2D eigenvalue weighted by atomic mass is 16.1. The van der Waals surface area contributed by atoms with Gasteiger partial charge in [-0.05, 0) is 19.1 Å². The first kappa shape index (κ1) is 12.1. The number of nitrogen functional groups attached to an aromatic ring is 1. The van der Waals surface area contributed by atoms with Crippen molar-refractivity contribution in [1.29, 1.82) is 0 Å². The molecule has 2 aromatic rings. The van der Waals surface area contributed by atoms with Gasteiger partial charge >= 0.3 is 0 Å². The molecule has 0 unspecified atom stereocenters. The summed E-state index contributed by atoms with van der Waals surface area (Å²) in [5.74, 6) is -0.0760. The van der Waals surface area contributed by atoms with Crippen LogP contribution in [0.15, 0.2) is 24.5 Å². The van der Waals surface area contributed by atoms with Crippen molar-refractivity contribution >= 4 is 11.6 Å². The van der Waals surface area contributed by atoms with E-state index in [1.54, 1.807) is 24.5 Å². The van der Waals surface area contributed by atoms with Crippen LogP contribution in [0.1, 0.15) is 17.0 Å². The SMILES string of the molecule is Cc1[nH]ncc1CNC(=O)Cc1ccc(N)cn1. The second-order valence-corrected chi connectivity index (χ2v) is 4.06. The molecule has 2 heterocycles. The van der Waals surface area contributed by atoms with Crippen LogP contribution in [0.3, 0.4) is 0 Å². The van der Waals surface area contributed by atoms with E-state index in [1.807, 2.05) is 6.92 Å². The Labute approximate surface area is 105 Å². The summed E-state index contributed by atoms with van der Waals surface area (Å²) in [6, 6.07) is 3.48. The molecule has 0 aromatic carbocycles. The Bertz CT molecular complexity index is 532. The van der Waals surface area contributed by atoms with E-state index in [1.165, 1.54) is 0 Å². The summed E-state index contributed by atoms with van der Waals surface area (Å²) < 4.78 is 0. The fraction of sp³-hybridized carbons (Fsp3) is 0.250. The summed E-state index contributed by atoms with van der Waals surface area (Å²) in [5, 5.41) is 9.53. The number of carbonyl (C=O) groups excluding carboxylic acids is 1. The third-order valence-corrected chi connectivity index (χ3v) is 2.60. The summed E-state index contributed by atoms with van der Waals surface area (Å²) >= 11 is 0. The Morgan fingerprint density at radius 2 is 2.28 bits per heavy atom. The molecule has 0 fully saturated rings. The maximum Gasteiger partial charge on any atom is 0.226 e. The second kappa shape index (κ2) is 5.31. The zero-order valence-electron chi connectivity index (χ0n) is 10.1. The van der Waals surface area contributed by atoms with Crippen molar-refractivity contribution in [3.05, 3.63) is 41.5 Å². The van der Waals surface area contributed by atoms with E-state index >= 15 is 0 Å². The summed E-state index contributed by atoms with van der Waals surface area (Å²) in [6.07, 6.45) is 3.50. The molecule has 18 heavy (non-hydrogen) atoms. The maximum atomic E-state index is 11.7. The zero-order chi connectivity index (χ0) is 13.0. The minimum absolute atomic E-state index is 0.0760. The molecule has 6 heteroatoms. The van der Waals surface area contributed by atoms with Crippen LogP contribution in [0.5, 0.6) is 0 Å². The van der Waals surface area contributed by atoms with Gasteiger partial charge in [-0.15, -0.1) is 0 Å². The molecule has 2 rings (SSSR count). The molecule has 0 atom stereocenters. The molecule has 0 saturated carbocycles. The Morgan fingerprint density at radius 1 is 1.44 bits per heavy atom.